The maximum absolute atomic E-state index is 13.1. The molecule has 6 nitrogen and oxygen atoms in total. The van der Waals surface area contributed by atoms with Crippen LogP contribution in [0.1, 0.15) is 37.5 Å². The highest BCUT2D eigenvalue weighted by atomic mass is 35.5. The zero-order valence-corrected chi connectivity index (χ0v) is 15.6. The molecule has 0 bridgehead atoms. The lowest BCUT2D eigenvalue weighted by molar-refractivity contribution is 0.636. The molecule has 4 rings (SSSR count). The number of hydrogen-bond donors (Lipinski definition) is 2. The number of benzene rings is 1. The summed E-state index contributed by atoms with van der Waals surface area (Å²) in [4.78, 5) is 21.1. The molecule has 3 aromatic rings. The lowest BCUT2D eigenvalue weighted by Crippen LogP contribution is -2.26. The molecule has 1 aromatic carbocycles. The second-order valence-corrected chi connectivity index (χ2v) is 7.28. The van der Waals surface area contributed by atoms with E-state index < -0.39 is 0 Å². The Kier molecular flexibility index (Phi) is 4.25. The Balaban J connectivity index is 1.84. The van der Waals surface area contributed by atoms with Gasteiger partial charge in [0.25, 0.3) is 5.56 Å². The first-order chi connectivity index (χ1) is 12.5. The van der Waals surface area contributed by atoms with Crippen molar-refractivity contribution < 1.29 is 0 Å². The van der Waals surface area contributed by atoms with Gasteiger partial charge >= 0.3 is 0 Å². The van der Waals surface area contributed by atoms with Crippen LogP contribution in [0.5, 0.6) is 0 Å². The molecule has 0 aliphatic heterocycles. The summed E-state index contributed by atoms with van der Waals surface area (Å²) >= 11 is 12.4. The van der Waals surface area contributed by atoms with Gasteiger partial charge in [0.05, 0.1) is 22.6 Å². The second-order valence-electron chi connectivity index (χ2n) is 6.47. The number of rotatable bonds is 4. The maximum Gasteiger partial charge on any atom is 0.260 e. The van der Waals surface area contributed by atoms with E-state index >= 15 is 0 Å². The van der Waals surface area contributed by atoms with Crippen LogP contribution in [0, 0.1) is 0 Å². The third-order valence-electron chi connectivity index (χ3n) is 4.53. The Bertz CT molecular complexity index is 1060. The predicted octanol–water partition coefficient (Wildman–Crippen LogP) is 4.19. The molecule has 0 saturated heterocycles. The standard InChI is InChI=1S/C18H17Cl2N5O/c1-9(23-16-13(20)8-22-18(21)24-16)14-7-10-3-2-4-12(19)15(10)17(26)25(14)11-5-6-11/h2-4,7-9,11H,5-6H2,1H3,(H3,21,22,23,24). The van der Waals surface area contributed by atoms with E-state index in [1.54, 1.807) is 6.07 Å². The van der Waals surface area contributed by atoms with Crippen molar-refractivity contribution in [2.24, 2.45) is 0 Å². The van der Waals surface area contributed by atoms with Crippen LogP contribution in [0.15, 0.2) is 35.3 Å². The predicted molar refractivity (Wildman–Crippen MR) is 105 cm³/mol. The van der Waals surface area contributed by atoms with Crippen LogP contribution in [0.3, 0.4) is 0 Å². The van der Waals surface area contributed by atoms with Crippen molar-refractivity contribution in [3.63, 3.8) is 0 Å². The van der Waals surface area contributed by atoms with Crippen molar-refractivity contribution in [3.8, 4) is 0 Å². The molecule has 1 aliphatic carbocycles. The number of fused-ring (bicyclic) bond motifs is 1. The van der Waals surface area contributed by atoms with Gasteiger partial charge in [0.1, 0.15) is 5.02 Å². The number of nitrogens with zero attached hydrogens (tertiary/aromatic N) is 3. The number of halogens is 2. The summed E-state index contributed by atoms with van der Waals surface area (Å²) in [7, 11) is 0. The lowest BCUT2D eigenvalue weighted by Gasteiger charge is -2.21. The van der Waals surface area contributed by atoms with Crippen LogP contribution >= 0.6 is 23.2 Å². The first-order valence-corrected chi connectivity index (χ1v) is 9.09. The minimum Gasteiger partial charge on any atom is -0.368 e. The third-order valence-corrected chi connectivity index (χ3v) is 5.12. The fraction of sp³-hybridized carbons (Fsp3) is 0.278. The van der Waals surface area contributed by atoms with Crippen LogP contribution in [-0.2, 0) is 0 Å². The Morgan fingerprint density at radius 1 is 1.31 bits per heavy atom. The minimum absolute atomic E-state index is 0.0625. The molecular formula is C18H17Cl2N5O. The molecule has 2 aromatic heterocycles. The molecule has 8 heteroatoms. The molecule has 2 heterocycles. The highest BCUT2D eigenvalue weighted by Gasteiger charge is 2.29. The number of nitrogens with two attached hydrogens (primary N) is 1. The quantitative estimate of drug-likeness (QED) is 0.698. The van der Waals surface area contributed by atoms with Crippen molar-refractivity contribution in [2.45, 2.75) is 31.8 Å². The summed E-state index contributed by atoms with van der Waals surface area (Å²) in [6.45, 7) is 1.96. The van der Waals surface area contributed by atoms with Crippen molar-refractivity contribution >= 4 is 45.7 Å². The Labute approximate surface area is 160 Å². The Morgan fingerprint density at radius 2 is 2.08 bits per heavy atom. The van der Waals surface area contributed by atoms with Gasteiger partial charge in [-0.05, 0) is 37.3 Å². The molecular weight excluding hydrogens is 373 g/mol. The highest BCUT2D eigenvalue weighted by Crippen LogP contribution is 2.38. The van der Waals surface area contributed by atoms with Gasteiger partial charge in [-0.1, -0.05) is 35.3 Å². The molecule has 0 spiro atoms. The van der Waals surface area contributed by atoms with Gasteiger partial charge in [-0.25, -0.2) is 4.98 Å². The van der Waals surface area contributed by atoms with E-state index in [4.69, 9.17) is 28.9 Å². The largest absolute Gasteiger partial charge is 0.368 e. The van der Waals surface area contributed by atoms with E-state index in [1.807, 2.05) is 29.7 Å². The minimum atomic E-state index is -0.210. The van der Waals surface area contributed by atoms with Crippen LogP contribution < -0.4 is 16.6 Å². The summed E-state index contributed by atoms with van der Waals surface area (Å²) in [6.07, 6.45) is 3.42. The topological polar surface area (TPSA) is 85.8 Å². The fourth-order valence-electron chi connectivity index (χ4n) is 3.16. The van der Waals surface area contributed by atoms with Crippen molar-refractivity contribution in [3.05, 3.63) is 56.6 Å². The van der Waals surface area contributed by atoms with Gasteiger partial charge < -0.3 is 15.6 Å². The van der Waals surface area contributed by atoms with E-state index in [-0.39, 0.29) is 23.6 Å². The van der Waals surface area contributed by atoms with Gasteiger partial charge in [-0.3, -0.25) is 4.79 Å². The van der Waals surface area contributed by atoms with Crippen LogP contribution in [0.4, 0.5) is 11.8 Å². The number of anilines is 2. The average Bonchev–Trinajstić information content (AvgIpc) is 3.42. The molecule has 1 atom stereocenters. The average molecular weight is 390 g/mol. The Hall–Kier alpha value is -2.31. The van der Waals surface area contributed by atoms with Gasteiger partial charge in [0.2, 0.25) is 5.95 Å². The summed E-state index contributed by atoms with van der Waals surface area (Å²) < 4.78 is 1.84. The number of pyridine rings is 1. The van der Waals surface area contributed by atoms with Gasteiger partial charge in [0, 0.05) is 11.7 Å². The van der Waals surface area contributed by atoms with Crippen molar-refractivity contribution in [2.75, 3.05) is 11.1 Å². The molecule has 134 valence electrons. The van der Waals surface area contributed by atoms with Crippen LogP contribution in [-0.4, -0.2) is 14.5 Å². The van der Waals surface area contributed by atoms with E-state index in [9.17, 15) is 4.79 Å². The van der Waals surface area contributed by atoms with E-state index in [0.29, 0.717) is 21.2 Å². The van der Waals surface area contributed by atoms with E-state index in [2.05, 4.69) is 15.3 Å². The molecule has 1 aliphatic rings. The van der Waals surface area contributed by atoms with Gasteiger partial charge in [0.15, 0.2) is 5.82 Å². The third kappa shape index (κ3) is 2.99. The molecule has 0 amide bonds. The summed E-state index contributed by atoms with van der Waals surface area (Å²) in [5.74, 6) is 0.571. The van der Waals surface area contributed by atoms with E-state index in [0.717, 1.165) is 23.9 Å². The molecule has 0 radical (unpaired) electrons. The lowest BCUT2D eigenvalue weighted by atomic mass is 10.1. The smallest absolute Gasteiger partial charge is 0.260 e. The first kappa shape index (κ1) is 17.1. The van der Waals surface area contributed by atoms with Gasteiger partial charge in [-0.15, -0.1) is 0 Å². The van der Waals surface area contributed by atoms with Gasteiger partial charge in [-0.2, -0.15) is 4.98 Å². The molecule has 26 heavy (non-hydrogen) atoms. The first-order valence-electron chi connectivity index (χ1n) is 8.34. The summed E-state index contributed by atoms with van der Waals surface area (Å²) in [5.41, 5.74) is 6.45. The number of nitrogen functional groups attached to an aromatic ring is 1. The Morgan fingerprint density at radius 3 is 2.81 bits per heavy atom. The number of nitrogens with one attached hydrogen (secondary N) is 1. The summed E-state index contributed by atoms with van der Waals surface area (Å²) in [6, 6.07) is 7.47. The SMILES string of the molecule is CC(Nc1nc(N)ncc1Cl)c1cc2cccc(Cl)c2c(=O)n1C1CC1. The van der Waals surface area contributed by atoms with Crippen LogP contribution in [0.2, 0.25) is 10.0 Å². The monoisotopic (exact) mass is 389 g/mol. The highest BCUT2D eigenvalue weighted by molar-refractivity contribution is 6.35. The molecule has 1 unspecified atom stereocenters. The maximum atomic E-state index is 13.1. The van der Waals surface area contributed by atoms with E-state index in [1.165, 1.54) is 6.20 Å². The molecule has 1 saturated carbocycles. The molecule has 1 fully saturated rings. The normalized spacial score (nSPS) is 15.2. The number of aromatic nitrogens is 3. The second kappa shape index (κ2) is 6.45. The van der Waals surface area contributed by atoms with Crippen LogP contribution in [0.25, 0.3) is 10.8 Å². The zero-order valence-electron chi connectivity index (χ0n) is 14.0. The zero-order chi connectivity index (χ0) is 18.4. The number of hydrogen-bond acceptors (Lipinski definition) is 5. The molecule has 3 N–H and O–H groups in total. The summed E-state index contributed by atoms with van der Waals surface area (Å²) in [5, 5.41) is 5.46. The fourth-order valence-corrected chi connectivity index (χ4v) is 3.57. The van der Waals surface area contributed by atoms with Crippen molar-refractivity contribution in [1.82, 2.24) is 14.5 Å². The van der Waals surface area contributed by atoms with Crippen molar-refractivity contribution in [1.29, 1.82) is 0 Å².